The van der Waals surface area contributed by atoms with Gasteiger partial charge in [0.05, 0.1) is 7.05 Å². The summed E-state index contributed by atoms with van der Waals surface area (Å²) in [7, 11) is -1.91. The van der Waals surface area contributed by atoms with E-state index in [9.17, 15) is 8.42 Å². The predicted molar refractivity (Wildman–Crippen MR) is 60.4 cm³/mol. The maximum Gasteiger partial charge on any atom is 0.472 e. The average molecular weight is 243 g/mol. The Hall–Kier alpha value is -1.56. The molecule has 0 amide bonds. The van der Waals surface area contributed by atoms with Gasteiger partial charge in [0.1, 0.15) is 24.7 Å². The molecule has 1 heterocycles. The first-order valence-corrected chi connectivity index (χ1v) is 6.26. The van der Waals surface area contributed by atoms with E-state index in [1.165, 1.54) is 6.08 Å². The summed E-state index contributed by atoms with van der Waals surface area (Å²) in [5.74, 6) is -0.216. The fraction of sp³-hybridized carbons (Fsp3) is 0.300. The summed E-state index contributed by atoms with van der Waals surface area (Å²) in [5.41, 5.74) is 0. The van der Waals surface area contributed by atoms with Gasteiger partial charge in [0.15, 0.2) is 0 Å². The quantitative estimate of drug-likeness (QED) is 0.413. The standard InChI is InChI=1S/C10H15N2O3S/c1-4-6-12-8-7-11(3)10(12)15-16(13,14)9-5-2/h4-5,7-8H,1-2,6,9H2,3H3/q+1. The van der Waals surface area contributed by atoms with Crippen LogP contribution in [0, 0.1) is 0 Å². The molecule has 0 radical (unpaired) electrons. The summed E-state index contributed by atoms with van der Waals surface area (Å²) >= 11 is 0. The fourth-order valence-electron chi connectivity index (χ4n) is 1.19. The van der Waals surface area contributed by atoms with Crippen LogP contribution in [0.4, 0.5) is 0 Å². The highest BCUT2D eigenvalue weighted by Gasteiger charge is 2.22. The Labute approximate surface area is 95.4 Å². The second-order valence-electron chi connectivity index (χ2n) is 3.23. The Morgan fingerprint density at radius 1 is 1.50 bits per heavy atom. The molecule has 0 aliphatic carbocycles. The number of hydrogen-bond acceptors (Lipinski definition) is 3. The minimum Gasteiger partial charge on any atom is -0.308 e. The van der Waals surface area contributed by atoms with Gasteiger partial charge in [0.2, 0.25) is 0 Å². The van der Waals surface area contributed by atoms with Crippen molar-refractivity contribution in [3.63, 3.8) is 0 Å². The molecule has 0 aliphatic heterocycles. The number of hydrogen-bond donors (Lipinski definition) is 0. The van der Waals surface area contributed by atoms with Crippen molar-refractivity contribution in [2.45, 2.75) is 6.54 Å². The Morgan fingerprint density at radius 2 is 2.19 bits per heavy atom. The predicted octanol–water partition coefficient (Wildman–Crippen LogP) is 0.393. The van der Waals surface area contributed by atoms with Crippen LogP contribution in [-0.4, -0.2) is 18.7 Å². The molecule has 16 heavy (non-hydrogen) atoms. The number of nitrogens with zero attached hydrogens (tertiary/aromatic N) is 2. The van der Waals surface area contributed by atoms with Crippen molar-refractivity contribution in [3.05, 3.63) is 37.7 Å². The van der Waals surface area contributed by atoms with E-state index in [1.54, 1.807) is 34.7 Å². The molecule has 0 aromatic carbocycles. The lowest BCUT2D eigenvalue weighted by Crippen LogP contribution is -2.31. The van der Waals surface area contributed by atoms with Crippen LogP contribution >= 0.6 is 0 Å². The SMILES string of the molecule is C=CCn1cc[n+](C)c1OS(=O)(=O)CC=C. The van der Waals surface area contributed by atoms with Crippen molar-refractivity contribution >= 4 is 10.1 Å². The van der Waals surface area contributed by atoms with E-state index < -0.39 is 10.1 Å². The smallest absolute Gasteiger partial charge is 0.308 e. The molecule has 0 spiro atoms. The largest absolute Gasteiger partial charge is 0.472 e. The first kappa shape index (κ1) is 12.5. The van der Waals surface area contributed by atoms with Crippen molar-refractivity contribution in [1.29, 1.82) is 0 Å². The number of aryl methyl sites for hydroxylation is 1. The highest BCUT2D eigenvalue weighted by atomic mass is 32.2. The van der Waals surface area contributed by atoms with Crippen LogP contribution < -0.4 is 8.75 Å². The Morgan fingerprint density at radius 3 is 2.75 bits per heavy atom. The zero-order chi connectivity index (χ0) is 12.2. The monoisotopic (exact) mass is 243 g/mol. The molecular weight excluding hydrogens is 228 g/mol. The highest BCUT2D eigenvalue weighted by Crippen LogP contribution is 2.08. The molecule has 88 valence electrons. The van der Waals surface area contributed by atoms with Gasteiger partial charge in [-0.3, -0.25) is 0 Å². The molecule has 0 N–H and O–H groups in total. The van der Waals surface area contributed by atoms with E-state index in [-0.39, 0.29) is 11.8 Å². The Bertz CT molecular complexity index is 488. The van der Waals surface area contributed by atoms with Crippen molar-refractivity contribution in [3.8, 4) is 6.01 Å². The van der Waals surface area contributed by atoms with Gasteiger partial charge in [-0.25, -0.2) is 0 Å². The Balaban J connectivity index is 2.99. The van der Waals surface area contributed by atoms with Gasteiger partial charge in [-0.1, -0.05) is 18.7 Å². The molecule has 0 atom stereocenters. The summed E-state index contributed by atoms with van der Waals surface area (Å²) in [6.45, 7) is 7.44. The van der Waals surface area contributed by atoms with E-state index in [1.807, 2.05) is 0 Å². The topological polar surface area (TPSA) is 52.2 Å². The normalized spacial score (nSPS) is 11.1. The molecule has 0 saturated carbocycles. The van der Waals surface area contributed by atoms with Gasteiger partial charge in [-0.05, 0) is 0 Å². The van der Waals surface area contributed by atoms with E-state index in [2.05, 4.69) is 13.2 Å². The van der Waals surface area contributed by atoms with Crippen molar-refractivity contribution in [1.82, 2.24) is 4.57 Å². The molecule has 1 aromatic rings. The van der Waals surface area contributed by atoms with E-state index >= 15 is 0 Å². The molecule has 5 nitrogen and oxygen atoms in total. The summed E-state index contributed by atoms with van der Waals surface area (Å²) < 4.78 is 31.1. The zero-order valence-corrected chi connectivity index (χ0v) is 9.98. The van der Waals surface area contributed by atoms with Crippen LogP contribution in [0.3, 0.4) is 0 Å². The average Bonchev–Trinajstić information content (AvgIpc) is 2.50. The molecule has 1 aromatic heterocycles. The van der Waals surface area contributed by atoms with Gasteiger partial charge in [-0.15, -0.1) is 6.58 Å². The minimum absolute atomic E-state index is 0.216. The summed E-state index contributed by atoms with van der Waals surface area (Å²) in [4.78, 5) is 0. The van der Waals surface area contributed by atoms with Gasteiger partial charge in [-0.2, -0.15) is 17.6 Å². The molecule has 0 unspecified atom stereocenters. The highest BCUT2D eigenvalue weighted by molar-refractivity contribution is 7.87. The minimum atomic E-state index is -3.61. The lowest BCUT2D eigenvalue weighted by Gasteiger charge is -2.02. The van der Waals surface area contributed by atoms with Gasteiger partial charge >= 0.3 is 16.1 Å². The maximum absolute atomic E-state index is 11.5. The molecular formula is C10H15N2O3S+. The lowest BCUT2D eigenvalue weighted by molar-refractivity contribution is -0.674. The van der Waals surface area contributed by atoms with Crippen LogP contribution in [0.2, 0.25) is 0 Å². The molecule has 6 heteroatoms. The van der Waals surface area contributed by atoms with Gasteiger partial charge in [0, 0.05) is 0 Å². The van der Waals surface area contributed by atoms with E-state index in [0.717, 1.165) is 0 Å². The van der Waals surface area contributed by atoms with E-state index in [0.29, 0.717) is 6.54 Å². The van der Waals surface area contributed by atoms with Gasteiger partial charge in [0.25, 0.3) is 0 Å². The van der Waals surface area contributed by atoms with Crippen molar-refractivity contribution in [2.75, 3.05) is 5.75 Å². The third kappa shape index (κ3) is 2.96. The van der Waals surface area contributed by atoms with Crippen LogP contribution in [-0.2, 0) is 23.7 Å². The third-order valence-corrected chi connectivity index (χ3v) is 2.91. The number of imidazole rings is 1. The molecule has 1 rings (SSSR count). The first-order valence-electron chi connectivity index (χ1n) is 4.69. The second-order valence-corrected chi connectivity index (χ2v) is 4.84. The number of rotatable bonds is 6. The number of allylic oxidation sites excluding steroid dienone is 1. The summed E-state index contributed by atoms with van der Waals surface area (Å²) in [6.07, 6.45) is 6.38. The first-order chi connectivity index (χ1) is 7.50. The van der Waals surface area contributed by atoms with Gasteiger partial charge < -0.3 is 4.18 Å². The number of aromatic nitrogens is 2. The van der Waals surface area contributed by atoms with Crippen LogP contribution in [0.15, 0.2) is 37.7 Å². The van der Waals surface area contributed by atoms with Crippen LogP contribution in [0.5, 0.6) is 6.01 Å². The molecule has 0 saturated heterocycles. The lowest BCUT2D eigenvalue weighted by atomic mass is 10.6. The third-order valence-electron chi connectivity index (χ3n) is 1.87. The van der Waals surface area contributed by atoms with Crippen LogP contribution in [0.1, 0.15) is 0 Å². The van der Waals surface area contributed by atoms with E-state index in [4.69, 9.17) is 4.18 Å². The maximum atomic E-state index is 11.5. The van der Waals surface area contributed by atoms with Crippen LogP contribution in [0.25, 0.3) is 0 Å². The Kier molecular flexibility index (Phi) is 3.89. The molecule has 0 aliphatic rings. The van der Waals surface area contributed by atoms with Crippen molar-refractivity contribution in [2.24, 2.45) is 7.05 Å². The molecule has 0 bridgehead atoms. The fourth-order valence-corrected chi connectivity index (χ4v) is 1.98. The molecule has 0 fully saturated rings. The summed E-state index contributed by atoms with van der Waals surface area (Å²) in [5, 5.41) is 0. The van der Waals surface area contributed by atoms with Crippen molar-refractivity contribution < 1.29 is 17.2 Å². The zero-order valence-electron chi connectivity index (χ0n) is 9.17. The summed E-state index contributed by atoms with van der Waals surface area (Å²) in [6, 6.07) is 0.252. The second kappa shape index (κ2) is 4.98.